The minimum atomic E-state index is -0.0493. The molecule has 1 atom stereocenters. The predicted octanol–water partition coefficient (Wildman–Crippen LogP) is 2.13. The number of hydrazine groups is 1. The molecule has 1 aromatic heterocycles. The number of halogens is 1. The van der Waals surface area contributed by atoms with Gasteiger partial charge in [-0.25, -0.2) is 0 Å². The minimum absolute atomic E-state index is 0.0493. The zero-order chi connectivity index (χ0) is 13.1. The maximum absolute atomic E-state index is 6.14. The van der Waals surface area contributed by atoms with Crippen LogP contribution in [0.3, 0.4) is 0 Å². The van der Waals surface area contributed by atoms with Crippen LogP contribution in [-0.4, -0.2) is 9.78 Å². The van der Waals surface area contributed by atoms with Crippen molar-refractivity contribution in [3.05, 3.63) is 52.3 Å². The predicted molar refractivity (Wildman–Crippen MR) is 73.2 cm³/mol. The van der Waals surface area contributed by atoms with Crippen LogP contribution in [0.4, 0.5) is 0 Å². The maximum atomic E-state index is 6.14. The van der Waals surface area contributed by atoms with Gasteiger partial charge in [0.25, 0.3) is 0 Å². The molecule has 0 bridgehead atoms. The largest absolute Gasteiger partial charge is 0.271 e. The fraction of sp³-hybridized carbons (Fsp3) is 0.308. The van der Waals surface area contributed by atoms with E-state index >= 15 is 0 Å². The molecule has 2 aromatic rings. The van der Waals surface area contributed by atoms with Crippen molar-refractivity contribution in [2.75, 3.05) is 0 Å². The van der Waals surface area contributed by atoms with Crippen LogP contribution in [0.1, 0.15) is 22.9 Å². The normalized spacial score (nSPS) is 12.7. The molecule has 0 saturated carbocycles. The number of hydrogen-bond donors (Lipinski definition) is 2. The number of nitrogens with two attached hydrogens (primary N) is 1. The van der Waals surface area contributed by atoms with Gasteiger partial charge in [0.1, 0.15) is 0 Å². The van der Waals surface area contributed by atoms with Crippen LogP contribution in [0, 0.1) is 6.92 Å². The molecule has 0 aliphatic heterocycles. The van der Waals surface area contributed by atoms with E-state index in [1.54, 1.807) is 10.9 Å². The van der Waals surface area contributed by atoms with Crippen LogP contribution in [0.25, 0.3) is 0 Å². The van der Waals surface area contributed by atoms with E-state index in [0.29, 0.717) is 5.02 Å². The molecule has 1 heterocycles. The van der Waals surface area contributed by atoms with Gasteiger partial charge in [-0.15, -0.1) is 0 Å². The molecule has 0 aliphatic carbocycles. The number of hydrogen-bond acceptors (Lipinski definition) is 3. The third-order valence-electron chi connectivity index (χ3n) is 2.99. The van der Waals surface area contributed by atoms with E-state index in [9.17, 15) is 0 Å². The Labute approximate surface area is 112 Å². The molecule has 1 aromatic carbocycles. The SMILES string of the molecule is Cc1cccc(CC(NN)c2c(Cl)cnn2C)c1. The molecule has 18 heavy (non-hydrogen) atoms. The lowest BCUT2D eigenvalue weighted by atomic mass is 10.0. The lowest BCUT2D eigenvalue weighted by Crippen LogP contribution is -2.31. The molecular formula is C13H17ClN4. The first-order valence-corrected chi connectivity index (χ1v) is 6.18. The van der Waals surface area contributed by atoms with Gasteiger partial charge in [-0.05, 0) is 18.9 Å². The summed E-state index contributed by atoms with van der Waals surface area (Å²) in [4.78, 5) is 0. The van der Waals surface area contributed by atoms with E-state index in [1.165, 1.54) is 11.1 Å². The molecule has 0 amide bonds. The van der Waals surface area contributed by atoms with Gasteiger partial charge in [-0.2, -0.15) is 5.10 Å². The van der Waals surface area contributed by atoms with Crippen LogP contribution in [0.5, 0.6) is 0 Å². The molecule has 5 heteroatoms. The van der Waals surface area contributed by atoms with Gasteiger partial charge >= 0.3 is 0 Å². The fourth-order valence-corrected chi connectivity index (χ4v) is 2.42. The summed E-state index contributed by atoms with van der Waals surface area (Å²) in [6.07, 6.45) is 2.41. The van der Waals surface area contributed by atoms with Crippen molar-refractivity contribution in [3.63, 3.8) is 0 Å². The van der Waals surface area contributed by atoms with Crippen LogP contribution in [-0.2, 0) is 13.5 Å². The van der Waals surface area contributed by atoms with E-state index in [-0.39, 0.29) is 6.04 Å². The highest BCUT2D eigenvalue weighted by atomic mass is 35.5. The van der Waals surface area contributed by atoms with Crippen molar-refractivity contribution in [2.24, 2.45) is 12.9 Å². The highest BCUT2D eigenvalue weighted by Crippen LogP contribution is 2.24. The van der Waals surface area contributed by atoms with E-state index in [1.807, 2.05) is 13.1 Å². The molecule has 0 aliphatic rings. The van der Waals surface area contributed by atoms with E-state index in [0.717, 1.165) is 12.1 Å². The van der Waals surface area contributed by atoms with Gasteiger partial charge in [-0.3, -0.25) is 16.0 Å². The number of nitrogens with one attached hydrogen (secondary N) is 1. The Morgan fingerprint density at radius 2 is 2.28 bits per heavy atom. The van der Waals surface area contributed by atoms with Crippen molar-refractivity contribution in [3.8, 4) is 0 Å². The summed E-state index contributed by atoms with van der Waals surface area (Å²) in [5.41, 5.74) is 6.17. The van der Waals surface area contributed by atoms with Crippen molar-refractivity contribution in [1.82, 2.24) is 15.2 Å². The molecule has 1 unspecified atom stereocenters. The second kappa shape index (κ2) is 5.52. The fourth-order valence-electron chi connectivity index (χ4n) is 2.12. The Balaban J connectivity index is 2.25. The van der Waals surface area contributed by atoms with Crippen LogP contribution in [0.15, 0.2) is 30.5 Å². The monoisotopic (exact) mass is 264 g/mol. The first-order valence-electron chi connectivity index (χ1n) is 5.81. The lowest BCUT2D eigenvalue weighted by Gasteiger charge is -2.17. The van der Waals surface area contributed by atoms with Gasteiger partial charge in [0.05, 0.1) is 23.0 Å². The summed E-state index contributed by atoms with van der Waals surface area (Å²) in [6, 6.07) is 8.30. The quantitative estimate of drug-likeness (QED) is 0.657. The Morgan fingerprint density at radius 3 is 2.83 bits per heavy atom. The number of benzene rings is 1. The Morgan fingerprint density at radius 1 is 1.50 bits per heavy atom. The Hall–Kier alpha value is -1.36. The lowest BCUT2D eigenvalue weighted by molar-refractivity contribution is 0.508. The first-order chi connectivity index (χ1) is 8.61. The molecule has 0 saturated heterocycles. The molecular weight excluding hydrogens is 248 g/mol. The van der Waals surface area contributed by atoms with Gasteiger partial charge in [0, 0.05) is 7.05 Å². The summed E-state index contributed by atoms with van der Waals surface area (Å²) in [5.74, 6) is 5.64. The number of aryl methyl sites for hydroxylation is 2. The van der Waals surface area contributed by atoms with Crippen LogP contribution >= 0.6 is 11.6 Å². The Bertz CT molecular complexity index is 516. The third kappa shape index (κ3) is 2.72. The Kier molecular flexibility index (Phi) is 4.01. The van der Waals surface area contributed by atoms with Crippen LogP contribution < -0.4 is 11.3 Å². The van der Waals surface area contributed by atoms with Crippen LogP contribution in [0.2, 0.25) is 5.02 Å². The van der Waals surface area contributed by atoms with Crippen molar-refractivity contribution < 1.29 is 0 Å². The minimum Gasteiger partial charge on any atom is -0.271 e. The zero-order valence-corrected chi connectivity index (χ0v) is 11.3. The van der Waals surface area contributed by atoms with E-state index < -0.39 is 0 Å². The maximum Gasteiger partial charge on any atom is 0.0834 e. The third-order valence-corrected chi connectivity index (χ3v) is 3.28. The molecule has 2 rings (SSSR count). The number of rotatable bonds is 4. The molecule has 4 nitrogen and oxygen atoms in total. The second-order valence-electron chi connectivity index (χ2n) is 4.41. The first kappa shape index (κ1) is 13.1. The van der Waals surface area contributed by atoms with Crippen molar-refractivity contribution in [1.29, 1.82) is 0 Å². The van der Waals surface area contributed by atoms with Gasteiger partial charge < -0.3 is 0 Å². The summed E-state index contributed by atoms with van der Waals surface area (Å²) < 4.78 is 1.75. The van der Waals surface area contributed by atoms with Gasteiger partial charge in [0.15, 0.2) is 0 Å². The summed E-state index contributed by atoms with van der Waals surface area (Å²) in [6.45, 7) is 2.07. The molecule has 96 valence electrons. The van der Waals surface area contributed by atoms with E-state index in [4.69, 9.17) is 17.4 Å². The average molecular weight is 265 g/mol. The highest BCUT2D eigenvalue weighted by molar-refractivity contribution is 6.31. The number of aromatic nitrogens is 2. The number of nitrogens with zero attached hydrogens (tertiary/aromatic N) is 2. The summed E-state index contributed by atoms with van der Waals surface area (Å²) in [5, 5.41) is 4.77. The summed E-state index contributed by atoms with van der Waals surface area (Å²) >= 11 is 6.14. The smallest absolute Gasteiger partial charge is 0.0834 e. The standard InChI is InChI=1S/C13H17ClN4/c1-9-4-3-5-10(6-9)7-12(17-15)13-11(14)8-16-18(13)2/h3-6,8,12,17H,7,15H2,1-2H3. The zero-order valence-electron chi connectivity index (χ0n) is 10.5. The second-order valence-corrected chi connectivity index (χ2v) is 4.82. The van der Waals surface area contributed by atoms with Crippen molar-refractivity contribution in [2.45, 2.75) is 19.4 Å². The molecule has 0 spiro atoms. The molecule has 3 N–H and O–H groups in total. The van der Waals surface area contributed by atoms with Gasteiger partial charge in [0.2, 0.25) is 0 Å². The molecule has 0 radical (unpaired) electrons. The average Bonchev–Trinajstić information content (AvgIpc) is 2.67. The van der Waals surface area contributed by atoms with E-state index in [2.05, 4.69) is 35.6 Å². The molecule has 0 fully saturated rings. The highest BCUT2D eigenvalue weighted by Gasteiger charge is 2.18. The van der Waals surface area contributed by atoms with Gasteiger partial charge in [-0.1, -0.05) is 41.4 Å². The van der Waals surface area contributed by atoms with Crippen molar-refractivity contribution >= 4 is 11.6 Å². The topological polar surface area (TPSA) is 55.9 Å². The summed E-state index contributed by atoms with van der Waals surface area (Å²) in [7, 11) is 1.86.